The molecule has 0 aliphatic carbocycles. The molecule has 37 heavy (non-hydrogen) atoms. The molecule has 196 valence electrons. The number of carbonyl (C=O) groups excluding carboxylic acids is 1. The number of alkyl halides is 3. The summed E-state index contributed by atoms with van der Waals surface area (Å²) in [5, 5.41) is 0.605. The summed E-state index contributed by atoms with van der Waals surface area (Å²) >= 11 is 6.06. The van der Waals surface area contributed by atoms with Crippen molar-refractivity contribution in [3.05, 3.63) is 100 Å². The minimum atomic E-state index is -4.37. The van der Waals surface area contributed by atoms with Gasteiger partial charge in [0.25, 0.3) is 5.91 Å². The van der Waals surface area contributed by atoms with Crippen LogP contribution in [0.15, 0.2) is 72.8 Å². The van der Waals surface area contributed by atoms with E-state index in [9.17, 15) is 18.0 Å². The maximum Gasteiger partial charge on any atom is 0.416 e. The normalized spacial score (nSPS) is 15.4. The Hall–Kier alpha value is -3.07. The van der Waals surface area contributed by atoms with Gasteiger partial charge in [0.1, 0.15) is 5.75 Å². The fourth-order valence-electron chi connectivity index (χ4n) is 4.28. The van der Waals surface area contributed by atoms with Crippen LogP contribution in [0, 0.1) is 0 Å². The van der Waals surface area contributed by atoms with Gasteiger partial charge in [-0.1, -0.05) is 48.0 Å². The summed E-state index contributed by atoms with van der Waals surface area (Å²) in [7, 11) is 1.55. The van der Waals surface area contributed by atoms with Crippen molar-refractivity contribution in [2.45, 2.75) is 18.9 Å². The van der Waals surface area contributed by atoms with Crippen molar-refractivity contribution in [1.82, 2.24) is 9.80 Å². The van der Waals surface area contributed by atoms with E-state index in [2.05, 4.69) is 4.90 Å². The maximum atomic E-state index is 13.0. The minimum absolute atomic E-state index is 0.0649. The second kappa shape index (κ2) is 12.0. The van der Waals surface area contributed by atoms with Crippen LogP contribution >= 0.6 is 11.6 Å². The van der Waals surface area contributed by atoms with E-state index in [4.69, 9.17) is 21.1 Å². The molecule has 1 heterocycles. The summed E-state index contributed by atoms with van der Waals surface area (Å²) in [6.45, 7) is 3.17. The lowest BCUT2D eigenvalue weighted by Crippen LogP contribution is -2.49. The van der Waals surface area contributed by atoms with Gasteiger partial charge in [0.05, 0.1) is 30.9 Å². The third kappa shape index (κ3) is 7.03. The summed E-state index contributed by atoms with van der Waals surface area (Å²) in [5.41, 5.74) is 1.42. The van der Waals surface area contributed by atoms with E-state index >= 15 is 0 Å². The molecule has 0 saturated carbocycles. The summed E-state index contributed by atoms with van der Waals surface area (Å²) < 4.78 is 50.2. The predicted molar refractivity (Wildman–Crippen MR) is 136 cm³/mol. The molecule has 9 heteroatoms. The van der Waals surface area contributed by atoms with E-state index in [0.29, 0.717) is 54.6 Å². The lowest BCUT2D eigenvalue weighted by molar-refractivity contribution is -0.137. The molecule has 5 nitrogen and oxygen atoms in total. The molecule has 0 aromatic heterocycles. The molecule has 0 N–H and O–H groups in total. The zero-order chi connectivity index (χ0) is 26.4. The highest BCUT2D eigenvalue weighted by molar-refractivity contribution is 6.30. The standard InChI is InChI=1S/C28H28ClF3N2O3/c1-36-25-5-3-2-4-24(25)27(35)34-16-14-33(15-17-34)18-26(21-8-12-23(29)13-9-21)37-19-20-6-10-22(11-7-20)28(30,31)32/h2-13,26H,14-19H2,1H3/t26-/m0/s1. The number of hydrogen-bond donors (Lipinski definition) is 0. The summed E-state index contributed by atoms with van der Waals surface area (Å²) in [4.78, 5) is 17.1. The molecule has 3 aromatic rings. The van der Waals surface area contributed by atoms with Crippen LogP contribution in [0.25, 0.3) is 0 Å². The minimum Gasteiger partial charge on any atom is -0.496 e. The summed E-state index contributed by atoms with van der Waals surface area (Å²) in [6.07, 6.45) is -4.70. The number of para-hydroxylation sites is 1. The Balaban J connectivity index is 1.39. The zero-order valence-electron chi connectivity index (χ0n) is 20.4. The molecule has 1 aliphatic heterocycles. The van der Waals surface area contributed by atoms with Gasteiger partial charge in [-0.15, -0.1) is 0 Å². The number of carbonyl (C=O) groups is 1. The molecule has 0 bridgehead atoms. The highest BCUT2D eigenvalue weighted by Crippen LogP contribution is 2.30. The molecule has 1 atom stereocenters. The second-order valence-corrected chi connectivity index (χ2v) is 9.28. The molecule has 4 rings (SSSR count). The van der Waals surface area contributed by atoms with E-state index in [1.165, 1.54) is 12.1 Å². The number of benzene rings is 3. The number of rotatable bonds is 8. The summed E-state index contributed by atoms with van der Waals surface area (Å²) in [5.74, 6) is 0.485. The molecule has 1 amide bonds. The van der Waals surface area contributed by atoms with Gasteiger partial charge in [-0.05, 0) is 47.5 Å². The number of hydrogen-bond acceptors (Lipinski definition) is 4. The Morgan fingerprint density at radius 3 is 2.22 bits per heavy atom. The van der Waals surface area contributed by atoms with Crippen molar-refractivity contribution in [1.29, 1.82) is 0 Å². The molecule has 1 saturated heterocycles. The van der Waals surface area contributed by atoms with Crippen LogP contribution in [0.3, 0.4) is 0 Å². The molecule has 0 unspecified atom stereocenters. The summed E-state index contributed by atoms with van der Waals surface area (Å²) in [6, 6.07) is 19.5. The van der Waals surface area contributed by atoms with Crippen LogP contribution in [-0.4, -0.2) is 55.5 Å². The topological polar surface area (TPSA) is 42.0 Å². The van der Waals surface area contributed by atoms with E-state index in [-0.39, 0.29) is 18.6 Å². The zero-order valence-corrected chi connectivity index (χ0v) is 21.1. The number of amides is 1. The fraction of sp³-hybridized carbons (Fsp3) is 0.321. The Morgan fingerprint density at radius 1 is 0.946 bits per heavy atom. The number of methoxy groups -OCH3 is 1. The van der Waals surface area contributed by atoms with E-state index in [1.807, 2.05) is 29.2 Å². The Morgan fingerprint density at radius 2 is 1.59 bits per heavy atom. The smallest absolute Gasteiger partial charge is 0.416 e. The maximum absolute atomic E-state index is 13.0. The number of halogens is 4. The van der Waals surface area contributed by atoms with Crippen molar-refractivity contribution in [3.63, 3.8) is 0 Å². The number of piperazine rings is 1. The van der Waals surface area contributed by atoms with Crippen LogP contribution in [0.1, 0.15) is 33.2 Å². The van der Waals surface area contributed by atoms with Gasteiger partial charge < -0.3 is 14.4 Å². The van der Waals surface area contributed by atoms with E-state index in [0.717, 1.165) is 17.7 Å². The third-order valence-electron chi connectivity index (χ3n) is 6.40. The Kier molecular flexibility index (Phi) is 8.74. The van der Waals surface area contributed by atoms with Gasteiger partial charge >= 0.3 is 6.18 Å². The number of ether oxygens (including phenoxy) is 2. The first-order valence-electron chi connectivity index (χ1n) is 11.9. The Bertz CT molecular complexity index is 1180. The van der Waals surface area contributed by atoms with Gasteiger partial charge in [0, 0.05) is 37.7 Å². The van der Waals surface area contributed by atoms with E-state index in [1.54, 1.807) is 31.4 Å². The van der Waals surface area contributed by atoms with Crippen LogP contribution < -0.4 is 4.74 Å². The van der Waals surface area contributed by atoms with E-state index < -0.39 is 11.7 Å². The van der Waals surface area contributed by atoms with Gasteiger partial charge in [-0.25, -0.2) is 0 Å². The van der Waals surface area contributed by atoms with Crippen LogP contribution in [-0.2, 0) is 17.5 Å². The van der Waals surface area contributed by atoms with Crippen molar-refractivity contribution in [2.75, 3.05) is 39.8 Å². The van der Waals surface area contributed by atoms with Crippen molar-refractivity contribution < 1.29 is 27.4 Å². The molecular formula is C28H28ClF3N2O3. The second-order valence-electron chi connectivity index (χ2n) is 8.84. The molecule has 0 spiro atoms. The van der Waals surface area contributed by atoms with Crippen molar-refractivity contribution in [2.24, 2.45) is 0 Å². The fourth-order valence-corrected chi connectivity index (χ4v) is 4.40. The first-order valence-corrected chi connectivity index (χ1v) is 12.3. The van der Waals surface area contributed by atoms with Crippen LogP contribution in [0.5, 0.6) is 5.75 Å². The average Bonchev–Trinajstić information content (AvgIpc) is 2.91. The first kappa shape index (κ1) is 27.0. The third-order valence-corrected chi connectivity index (χ3v) is 6.65. The lowest BCUT2D eigenvalue weighted by Gasteiger charge is -2.36. The van der Waals surface area contributed by atoms with Gasteiger partial charge in [0.2, 0.25) is 0 Å². The highest BCUT2D eigenvalue weighted by Gasteiger charge is 2.30. The quantitative estimate of drug-likeness (QED) is 0.352. The Labute approximate surface area is 219 Å². The first-order chi connectivity index (χ1) is 17.7. The lowest BCUT2D eigenvalue weighted by atomic mass is 10.1. The van der Waals surface area contributed by atoms with Crippen molar-refractivity contribution in [3.8, 4) is 5.75 Å². The van der Waals surface area contributed by atoms with Crippen molar-refractivity contribution >= 4 is 17.5 Å². The van der Waals surface area contributed by atoms with Crippen LogP contribution in [0.2, 0.25) is 5.02 Å². The van der Waals surface area contributed by atoms with Crippen LogP contribution in [0.4, 0.5) is 13.2 Å². The molecule has 3 aromatic carbocycles. The molecular weight excluding hydrogens is 505 g/mol. The number of nitrogens with zero attached hydrogens (tertiary/aromatic N) is 2. The monoisotopic (exact) mass is 532 g/mol. The predicted octanol–water partition coefficient (Wildman–Crippen LogP) is 6.08. The van der Waals surface area contributed by atoms with Gasteiger partial charge in [0.15, 0.2) is 0 Å². The highest BCUT2D eigenvalue weighted by atomic mass is 35.5. The van der Waals surface area contributed by atoms with Gasteiger partial charge in [-0.3, -0.25) is 9.69 Å². The molecule has 1 aliphatic rings. The SMILES string of the molecule is COc1ccccc1C(=O)N1CCN(C[C@H](OCc2ccc(C(F)(F)F)cc2)c2ccc(Cl)cc2)CC1. The molecule has 0 radical (unpaired) electrons. The molecule has 1 fully saturated rings. The average molecular weight is 533 g/mol. The van der Waals surface area contributed by atoms with Gasteiger partial charge in [-0.2, -0.15) is 13.2 Å². The largest absolute Gasteiger partial charge is 0.496 e.